The number of para-hydroxylation sites is 1. The number of halogens is 3. The molecular formula is C15H17F3N2O2. The first-order valence-electron chi connectivity index (χ1n) is 6.93. The maximum absolute atomic E-state index is 12.9. The maximum Gasteiger partial charge on any atom is 0.435 e. The molecule has 120 valence electrons. The first kappa shape index (κ1) is 16.4. The number of benzene rings is 1. The maximum atomic E-state index is 12.9. The first-order valence-corrected chi connectivity index (χ1v) is 6.93. The molecule has 0 saturated carbocycles. The van der Waals surface area contributed by atoms with Crippen molar-refractivity contribution in [3.05, 3.63) is 47.8 Å². The summed E-state index contributed by atoms with van der Waals surface area (Å²) >= 11 is 0. The van der Waals surface area contributed by atoms with Crippen molar-refractivity contribution < 1.29 is 23.0 Å². The molecule has 0 saturated heterocycles. The lowest BCUT2D eigenvalue weighted by atomic mass is 10.1. The number of aryl methyl sites for hydroxylation is 1. The van der Waals surface area contributed by atoms with Crippen molar-refractivity contribution in [1.82, 2.24) is 9.78 Å². The Morgan fingerprint density at radius 1 is 1.18 bits per heavy atom. The lowest BCUT2D eigenvalue weighted by Gasteiger charge is -2.06. The van der Waals surface area contributed by atoms with Gasteiger partial charge < -0.3 is 9.84 Å². The van der Waals surface area contributed by atoms with E-state index in [1.807, 2.05) is 18.2 Å². The summed E-state index contributed by atoms with van der Waals surface area (Å²) in [7, 11) is 0. The van der Waals surface area contributed by atoms with Crippen LogP contribution >= 0.6 is 0 Å². The van der Waals surface area contributed by atoms with E-state index in [1.54, 1.807) is 12.1 Å². The Balaban J connectivity index is 2.00. The van der Waals surface area contributed by atoms with E-state index in [0.717, 1.165) is 0 Å². The van der Waals surface area contributed by atoms with Crippen LogP contribution in [0.2, 0.25) is 0 Å². The zero-order chi connectivity index (χ0) is 16.0. The van der Waals surface area contributed by atoms with Gasteiger partial charge in [-0.1, -0.05) is 18.2 Å². The van der Waals surface area contributed by atoms with Crippen molar-refractivity contribution in [3.8, 4) is 5.75 Å². The highest BCUT2D eigenvalue weighted by molar-refractivity contribution is 5.21. The third kappa shape index (κ3) is 4.49. The van der Waals surface area contributed by atoms with Crippen LogP contribution in [-0.4, -0.2) is 28.1 Å². The van der Waals surface area contributed by atoms with Crippen LogP contribution < -0.4 is 4.74 Å². The van der Waals surface area contributed by atoms with E-state index in [1.165, 1.54) is 10.9 Å². The number of aliphatic hydroxyl groups is 1. The number of ether oxygens (including phenoxy) is 1. The molecule has 1 aromatic heterocycles. The molecule has 2 rings (SSSR count). The van der Waals surface area contributed by atoms with Gasteiger partial charge in [0.2, 0.25) is 0 Å². The van der Waals surface area contributed by atoms with Gasteiger partial charge in [-0.2, -0.15) is 18.3 Å². The second-order valence-electron chi connectivity index (χ2n) is 4.75. The highest BCUT2D eigenvalue weighted by atomic mass is 19.4. The minimum Gasteiger partial charge on any atom is -0.492 e. The highest BCUT2D eigenvalue weighted by Gasteiger charge is 2.36. The number of hydrogen-bond acceptors (Lipinski definition) is 3. The summed E-state index contributed by atoms with van der Waals surface area (Å²) in [6, 6.07) is 9.03. The molecule has 1 N–H and O–H groups in total. The number of alkyl halides is 3. The Hall–Kier alpha value is -2.02. The molecular weight excluding hydrogens is 297 g/mol. The summed E-state index contributed by atoms with van der Waals surface area (Å²) in [6.45, 7) is 0.291. The third-order valence-corrected chi connectivity index (χ3v) is 3.04. The summed E-state index contributed by atoms with van der Waals surface area (Å²) in [4.78, 5) is 0. The van der Waals surface area contributed by atoms with Gasteiger partial charge in [0.25, 0.3) is 0 Å². The third-order valence-electron chi connectivity index (χ3n) is 3.04. The Kier molecular flexibility index (Phi) is 5.43. The number of aromatic nitrogens is 2. The second-order valence-corrected chi connectivity index (χ2v) is 4.75. The van der Waals surface area contributed by atoms with Gasteiger partial charge in [0.1, 0.15) is 12.4 Å². The average molecular weight is 314 g/mol. The number of aliphatic hydroxyl groups excluding tert-OH is 1. The molecule has 22 heavy (non-hydrogen) atoms. The molecule has 0 aliphatic rings. The van der Waals surface area contributed by atoms with Crippen LogP contribution in [0.4, 0.5) is 13.2 Å². The zero-order valence-electron chi connectivity index (χ0n) is 11.9. The van der Waals surface area contributed by atoms with Gasteiger partial charge in [-0.25, -0.2) is 0 Å². The Morgan fingerprint density at radius 3 is 2.55 bits per heavy atom. The molecule has 1 aromatic carbocycles. The molecule has 0 aliphatic heterocycles. The van der Waals surface area contributed by atoms with Crippen LogP contribution in [0.15, 0.2) is 36.5 Å². The van der Waals surface area contributed by atoms with Crippen LogP contribution in [0.25, 0.3) is 0 Å². The number of hydrogen-bond donors (Lipinski definition) is 1. The minimum atomic E-state index is -4.49. The predicted octanol–water partition coefficient (Wildman–Crippen LogP) is 2.91. The Labute approximate surface area is 126 Å². The van der Waals surface area contributed by atoms with Crippen molar-refractivity contribution >= 4 is 0 Å². The molecule has 0 atom stereocenters. The van der Waals surface area contributed by atoms with E-state index in [0.29, 0.717) is 5.75 Å². The summed E-state index contributed by atoms with van der Waals surface area (Å²) in [5.41, 5.74) is -0.790. The zero-order valence-corrected chi connectivity index (χ0v) is 11.9. The first-order chi connectivity index (χ1) is 10.5. The summed E-state index contributed by atoms with van der Waals surface area (Å²) in [5.74, 6) is 0.659. The van der Waals surface area contributed by atoms with Crippen molar-refractivity contribution in [2.45, 2.75) is 25.6 Å². The van der Waals surface area contributed by atoms with E-state index in [2.05, 4.69) is 5.10 Å². The van der Waals surface area contributed by atoms with E-state index < -0.39 is 11.9 Å². The highest BCUT2D eigenvalue weighted by Crippen LogP contribution is 2.31. The summed E-state index contributed by atoms with van der Waals surface area (Å²) in [6.07, 6.45) is -2.71. The molecule has 0 aliphatic carbocycles. The number of rotatable bonds is 7. The summed E-state index contributed by atoms with van der Waals surface area (Å²) < 4.78 is 45.4. The van der Waals surface area contributed by atoms with Crippen LogP contribution in [0.5, 0.6) is 5.75 Å². The van der Waals surface area contributed by atoms with Crippen LogP contribution in [0.1, 0.15) is 17.7 Å². The van der Waals surface area contributed by atoms with Gasteiger partial charge in [-0.05, 0) is 25.0 Å². The topological polar surface area (TPSA) is 47.3 Å². The van der Waals surface area contributed by atoms with Crippen molar-refractivity contribution in [2.75, 3.05) is 13.2 Å². The minimum absolute atomic E-state index is 0.0984. The summed E-state index contributed by atoms with van der Waals surface area (Å²) in [5, 5.41) is 12.4. The van der Waals surface area contributed by atoms with E-state index in [-0.39, 0.29) is 38.2 Å². The van der Waals surface area contributed by atoms with Crippen LogP contribution in [0.3, 0.4) is 0 Å². The number of nitrogens with zero attached hydrogens (tertiary/aromatic N) is 2. The predicted molar refractivity (Wildman–Crippen MR) is 74.6 cm³/mol. The molecule has 0 fully saturated rings. The van der Waals surface area contributed by atoms with E-state index in [4.69, 9.17) is 9.84 Å². The fraction of sp³-hybridized carbons (Fsp3) is 0.400. The van der Waals surface area contributed by atoms with E-state index >= 15 is 0 Å². The second kappa shape index (κ2) is 7.31. The van der Waals surface area contributed by atoms with Gasteiger partial charge in [-0.15, -0.1) is 0 Å². The molecule has 0 spiro atoms. The normalized spacial score (nSPS) is 11.6. The van der Waals surface area contributed by atoms with Gasteiger partial charge in [0, 0.05) is 18.4 Å². The van der Waals surface area contributed by atoms with Crippen molar-refractivity contribution in [3.63, 3.8) is 0 Å². The van der Waals surface area contributed by atoms with Gasteiger partial charge in [0.15, 0.2) is 5.69 Å². The molecule has 0 amide bonds. The van der Waals surface area contributed by atoms with Gasteiger partial charge >= 0.3 is 6.18 Å². The molecule has 4 nitrogen and oxygen atoms in total. The fourth-order valence-electron chi connectivity index (χ4n) is 2.04. The smallest absolute Gasteiger partial charge is 0.435 e. The quantitative estimate of drug-likeness (QED) is 0.855. The molecule has 7 heteroatoms. The largest absolute Gasteiger partial charge is 0.492 e. The van der Waals surface area contributed by atoms with E-state index in [9.17, 15) is 13.2 Å². The van der Waals surface area contributed by atoms with Crippen LogP contribution in [-0.2, 0) is 19.1 Å². The van der Waals surface area contributed by atoms with Crippen molar-refractivity contribution in [2.24, 2.45) is 0 Å². The molecule has 0 unspecified atom stereocenters. The Bertz CT molecular complexity index is 582. The molecule has 2 aromatic rings. The van der Waals surface area contributed by atoms with Crippen molar-refractivity contribution in [1.29, 1.82) is 0 Å². The monoisotopic (exact) mass is 314 g/mol. The lowest BCUT2D eigenvalue weighted by Crippen LogP contribution is -2.12. The molecule has 1 heterocycles. The average Bonchev–Trinajstić information content (AvgIpc) is 2.89. The fourth-order valence-corrected chi connectivity index (χ4v) is 2.04. The van der Waals surface area contributed by atoms with Gasteiger partial charge in [0.05, 0.1) is 6.54 Å². The SMILES string of the molecule is OCCCc1cn(CCOc2ccccc2)nc1C(F)(F)F. The molecule has 0 radical (unpaired) electrons. The van der Waals surface area contributed by atoms with Gasteiger partial charge in [-0.3, -0.25) is 4.68 Å². The molecule has 0 bridgehead atoms. The van der Waals surface area contributed by atoms with Crippen LogP contribution in [0, 0.1) is 0 Å². The standard InChI is InChI=1S/C15H17F3N2O2/c16-15(17,18)14-12(5-4-9-21)11-20(19-14)8-10-22-13-6-2-1-3-7-13/h1-3,6-7,11,21H,4-5,8-10H2. The lowest BCUT2D eigenvalue weighted by molar-refractivity contribution is -0.142. The Morgan fingerprint density at radius 2 is 1.91 bits per heavy atom.